The number of benzene rings is 1. The molecular weight excluding hydrogens is 400 g/mol. The Bertz CT molecular complexity index is 1210. The van der Waals surface area contributed by atoms with Gasteiger partial charge in [0.2, 0.25) is 0 Å². The zero-order chi connectivity index (χ0) is 21.4. The van der Waals surface area contributed by atoms with Crippen molar-refractivity contribution in [3.05, 3.63) is 66.3 Å². The van der Waals surface area contributed by atoms with Crippen LogP contribution in [0.5, 0.6) is 0 Å². The van der Waals surface area contributed by atoms with E-state index in [1.807, 2.05) is 17.1 Å². The van der Waals surface area contributed by atoms with Crippen LogP contribution < -0.4 is 10.6 Å². The lowest BCUT2D eigenvalue weighted by molar-refractivity contribution is 0.343. The van der Waals surface area contributed by atoms with Crippen molar-refractivity contribution in [2.75, 3.05) is 18.4 Å². The number of fused-ring (bicyclic) bond motifs is 1. The van der Waals surface area contributed by atoms with E-state index in [0.29, 0.717) is 17.5 Å². The first-order chi connectivity index (χ1) is 15.1. The second kappa shape index (κ2) is 8.07. The summed E-state index contributed by atoms with van der Waals surface area (Å²) >= 11 is 0. The predicted octanol–water partition coefficient (Wildman–Crippen LogP) is 3.97. The van der Waals surface area contributed by atoms with Crippen molar-refractivity contribution in [1.82, 2.24) is 29.7 Å². The summed E-state index contributed by atoms with van der Waals surface area (Å²) in [6.45, 7) is 3.76. The summed E-state index contributed by atoms with van der Waals surface area (Å²) < 4.78 is 31.4. The van der Waals surface area contributed by atoms with E-state index in [0.717, 1.165) is 49.2 Å². The third-order valence-electron chi connectivity index (χ3n) is 5.75. The van der Waals surface area contributed by atoms with E-state index in [9.17, 15) is 8.78 Å². The van der Waals surface area contributed by atoms with Crippen molar-refractivity contribution in [3.63, 3.8) is 0 Å². The van der Waals surface area contributed by atoms with Crippen molar-refractivity contribution < 1.29 is 8.78 Å². The summed E-state index contributed by atoms with van der Waals surface area (Å²) in [5.41, 5.74) is 2.73. The molecule has 31 heavy (non-hydrogen) atoms. The first kappa shape index (κ1) is 19.6. The van der Waals surface area contributed by atoms with Crippen LogP contribution in [-0.2, 0) is 0 Å². The van der Waals surface area contributed by atoms with Crippen molar-refractivity contribution in [3.8, 4) is 11.1 Å². The van der Waals surface area contributed by atoms with Crippen LogP contribution in [0.1, 0.15) is 37.4 Å². The fraction of sp³-hybridized carbons (Fsp3) is 0.318. The monoisotopic (exact) mass is 423 g/mol. The maximum Gasteiger partial charge on any atom is 0.165 e. The number of aromatic nitrogens is 5. The highest BCUT2D eigenvalue weighted by atomic mass is 19.1. The van der Waals surface area contributed by atoms with Gasteiger partial charge in [-0.15, -0.1) is 0 Å². The molecule has 0 bridgehead atoms. The first-order valence-electron chi connectivity index (χ1n) is 10.4. The lowest BCUT2D eigenvalue weighted by atomic mass is 10.1. The van der Waals surface area contributed by atoms with Gasteiger partial charge in [0.05, 0.1) is 24.5 Å². The molecule has 4 aromatic rings. The summed E-state index contributed by atoms with van der Waals surface area (Å²) in [6, 6.07) is 5.14. The van der Waals surface area contributed by atoms with Gasteiger partial charge in [0, 0.05) is 29.1 Å². The second-order valence-electron chi connectivity index (χ2n) is 7.86. The van der Waals surface area contributed by atoms with Gasteiger partial charge in [-0.1, -0.05) is 0 Å². The Hall–Kier alpha value is -3.33. The highest BCUT2D eigenvalue weighted by Crippen LogP contribution is 2.27. The molecule has 1 aliphatic rings. The number of nitrogens with one attached hydrogen (secondary N) is 2. The fourth-order valence-electron chi connectivity index (χ4n) is 4.05. The van der Waals surface area contributed by atoms with E-state index >= 15 is 0 Å². The molecule has 0 radical (unpaired) electrons. The molecule has 9 heteroatoms. The number of halogens is 2. The molecule has 0 saturated carbocycles. The minimum absolute atomic E-state index is 0.249. The number of nitrogens with zero attached hydrogens (tertiary/aromatic N) is 5. The van der Waals surface area contributed by atoms with Gasteiger partial charge in [-0.3, -0.25) is 4.68 Å². The fourth-order valence-corrected chi connectivity index (χ4v) is 4.05. The molecule has 1 aliphatic heterocycles. The molecule has 0 spiro atoms. The maximum atomic E-state index is 14.1. The number of hydrogen-bond acceptors (Lipinski definition) is 5. The molecule has 0 aliphatic carbocycles. The van der Waals surface area contributed by atoms with Crippen LogP contribution in [0.15, 0.2) is 49.1 Å². The summed E-state index contributed by atoms with van der Waals surface area (Å²) in [4.78, 5) is 4.68. The first-order valence-corrected chi connectivity index (χ1v) is 10.4. The van der Waals surface area contributed by atoms with Crippen LogP contribution in [0.25, 0.3) is 16.8 Å². The third-order valence-corrected chi connectivity index (χ3v) is 5.75. The van der Waals surface area contributed by atoms with Crippen LogP contribution in [0.4, 0.5) is 14.6 Å². The number of rotatable bonds is 5. The molecule has 5 rings (SSSR count). The van der Waals surface area contributed by atoms with E-state index in [4.69, 9.17) is 0 Å². The van der Waals surface area contributed by atoms with Gasteiger partial charge in [0.1, 0.15) is 17.5 Å². The van der Waals surface area contributed by atoms with Crippen LogP contribution in [0.2, 0.25) is 0 Å². The molecule has 3 aromatic heterocycles. The van der Waals surface area contributed by atoms with E-state index < -0.39 is 17.7 Å². The maximum absolute atomic E-state index is 14.1. The van der Waals surface area contributed by atoms with E-state index in [2.05, 4.69) is 25.8 Å². The number of anilines is 1. The smallest absolute Gasteiger partial charge is 0.165 e. The zero-order valence-electron chi connectivity index (χ0n) is 17.1. The van der Waals surface area contributed by atoms with Gasteiger partial charge < -0.3 is 10.6 Å². The van der Waals surface area contributed by atoms with Crippen molar-refractivity contribution in [1.29, 1.82) is 0 Å². The number of piperidine rings is 1. The summed E-state index contributed by atoms with van der Waals surface area (Å²) in [5, 5.41) is 15.5. The summed E-state index contributed by atoms with van der Waals surface area (Å²) in [7, 11) is 0. The van der Waals surface area contributed by atoms with Crippen LogP contribution in [0, 0.1) is 11.6 Å². The van der Waals surface area contributed by atoms with E-state index in [1.54, 1.807) is 29.9 Å². The Balaban J connectivity index is 1.42. The highest BCUT2D eigenvalue weighted by molar-refractivity contribution is 5.76. The molecule has 0 unspecified atom stereocenters. The lowest BCUT2D eigenvalue weighted by Crippen LogP contribution is -2.29. The average molecular weight is 423 g/mol. The normalized spacial score (nSPS) is 16.0. The zero-order valence-corrected chi connectivity index (χ0v) is 17.1. The summed E-state index contributed by atoms with van der Waals surface area (Å²) in [6.07, 6.45) is 9.55. The molecule has 2 N–H and O–H groups in total. The molecule has 1 atom stereocenters. The van der Waals surface area contributed by atoms with Gasteiger partial charge >= 0.3 is 0 Å². The second-order valence-corrected chi connectivity index (χ2v) is 7.86. The van der Waals surface area contributed by atoms with Crippen molar-refractivity contribution >= 4 is 11.5 Å². The van der Waals surface area contributed by atoms with Gasteiger partial charge in [-0.25, -0.2) is 18.3 Å². The van der Waals surface area contributed by atoms with Gasteiger partial charge in [0.25, 0.3) is 0 Å². The Morgan fingerprint density at radius 3 is 2.81 bits per heavy atom. The minimum Gasteiger partial charge on any atom is -0.363 e. The molecule has 4 heterocycles. The van der Waals surface area contributed by atoms with Crippen molar-refractivity contribution in [2.24, 2.45) is 0 Å². The third kappa shape index (κ3) is 3.88. The highest BCUT2D eigenvalue weighted by Gasteiger charge is 2.18. The van der Waals surface area contributed by atoms with E-state index in [1.165, 1.54) is 6.07 Å². The topological polar surface area (TPSA) is 72.1 Å². The average Bonchev–Trinajstić information content (AvgIpc) is 3.43. The molecule has 1 aromatic carbocycles. The van der Waals surface area contributed by atoms with Crippen LogP contribution in [-0.4, -0.2) is 37.5 Å². The van der Waals surface area contributed by atoms with Gasteiger partial charge in [-0.05, 0) is 57.1 Å². The standard InChI is InChI=1S/C22H23F2N7/c1-14(18-10-16(23)2-3-20(18)24)28-21-6-9-30-22(29-21)19(12-27-30)15-11-26-31(13-15)17-4-7-25-8-5-17/h2-3,6,9-14,17,25H,4-5,7-8H2,1H3,(H,28,29)/t14-/m1/s1. The SMILES string of the molecule is C[C@@H](Nc1ccn2ncc(-c3cnn(C4CCNCC4)c3)c2n1)c1cc(F)ccc1F. The molecule has 1 saturated heterocycles. The molecule has 1 fully saturated rings. The van der Waals surface area contributed by atoms with E-state index in [-0.39, 0.29) is 5.56 Å². The Morgan fingerprint density at radius 1 is 1.13 bits per heavy atom. The lowest BCUT2D eigenvalue weighted by Gasteiger charge is -2.22. The summed E-state index contributed by atoms with van der Waals surface area (Å²) in [5.74, 6) is -0.383. The Kier molecular flexibility index (Phi) is 5.11. The number of hydrogen-bond donors (Lipinski definition) is 2. The quantitative estimate of drug-likeness (QED) is 0.508. The Morgan fingerprint density at radius 2 is 1.97 bits per heavy atom. The molecular formula is C22H23F2N7. The Labute approximate surface area is 178 Å². The largest absolute Gasteiger partial charge is 0.363 e. The molecule has 160 valence electrons. The van der Waals surface area contributed by atoms with Crippen molar-refractivity contribution in [2.45, 2.75) is 31.8 Å². The van der Waals surface area contributed by atoms with Crippen LogP contribution >= 0.6 is 0 Å². The van der Waals surface area contributed by atoms with Crippen LogP contribution in [0.3, 0.4) is 0 Å². The van der Waals surface area contributed by atoms with Gasteiger partial charge in [-0.2, -0.15) is 10.2 Å². The minimum atomic E-state index is -0.475. The molecule has 7 nitrogen and oxygen atoms in total. The predicted molar refractivity (Wildman–Crippen MR) is 114 cm³/mol. The van der Waals surface area contributed by atoms with Gasteiger partial charge in [0.15, 0.2) is 5.65 Å². The molecule has 0 amide bonds.